The number of nitrogens with two attached hydrogens (primary N) is 1. The minimum Gasteiger partial charge on any atom is -0.458 e. The predicted octanol–water partition coefficient (Wildman–Crippen LogP) is -0.181. The molecule has 2 unspecified atom stereocenters. The van der Waals surface area contributed by atoms with Crippen LogP contribution in [-0.4, -0.2) is 19.6 Å². The summed E-state index contributed by atoms with van der Waals surface area (Å²) in [6, 6.07) is 14.1. The molecule has 3 N–H and O–H groups in total. The van der Waals surface area contributed by atoms with Crippen LogP contribution in [0.25, 0.3) is 4.24 Å². The van der Waals surface area contributed by atoms with Gasteiger partial charge in [0.25, 0.3) is 0 Å². The molecule has 24 heavy (non-hydrogen) atoms. The minimum atomic E-state index is -3.62. The van der Waals surface area contributed by atoms with Crippen molar-refractivity contribution in [2.45, 2.75) is 30.4 Å². The Morgan fingerprint density at radius 2 is 1.75 bits per heavy atom. The molecule has 0 fully saturated rings. The Morgan fingerprint density at radius 1 is 1.17 bits per heavy atom. The molecule has 0 aliphatic heterocycles. The Morgan fingerprint density at radius 3 is 2.29 bits per heavy atom. The molecule has 0 saturated carbocycles. The molecule has 5 nitrogen and oxygen atoms in total. The molecular weight excluding hydrogens is 359 g/mol. The first-order valence-corrected chi connectivity index (χ1v) is 8.79. The number of sulfonamides is 1. The summed E-state index contributed by atoms with van der Waals surface area (Å²) in [7, 11) is -3.62. The maximum Gasteiger partial charge on any atom is 1.00 e. The molecule has 124 valence electrons. The van der Waals surface area contributed by atoms with Crippen LogP contribution in [0.2, 0.25) is 0 Å². The Bertz CT molecular complexity index is 769. The van der Waals surface area contributed by atoms with Gasteiger partial charge >= 0.3 is 29.6 Å². The number of aryl methyl sites for hydroxylation is 1. The van der Waals surface area contributed by atoms with Gasteiger partial charge in [-0.2, -0.15) is 0 Å². The van der Waals surface area contributed by atoms with E-state index in [1.165, 1.54) is 17.7 Å². The first-order valence-electron chi connectivity index (χ1n) is 7.01. The van der Waals surface area contributed by atoms with Gasteiger partial charge in [-0.25, -0.2) is 8.42 Å². The maximum atomic E-state index is 11.0. The summed E-state index contributed by atoms with van der Waals surface area (Å²) >= 11 is 4.90. The summed E-state index contributed by atoms with van der Waals surface area (Å²) in [5, 5.41) is 9.39. The van der Waals surface area contributed by atoms with E-state index in [-0.39, 0.29) is 46.6 Å². The van der Waals surface area contributed by atoms with Gasteiger partial charge in [-0.15, -0.1) is 0 Å². The fourth-order valence-corrected chi connectivity index (χ4v) is 3.15. The average Bonchev–Trinajstić information content (AvgIpc) is 2.84. The molecule has 8 heteroatoms. The molecule has 2 aromatic carbocycles. The quantitative estimate of drug-likeness (QED) is 0.711. The van der Waals surface area contributed by atoms with Crippen molar-refractivity contribution in [2.24, 2.45) is 5.73 Å². The van der Waals surface area contributed by atoms with Gasteiger partial charge < -0.3 is 15.1 Å². The van der Waals surface area contributed by atoms with E-state index in [1.807, 2.05) is 31.2 Å². The molecule has 0 spiro atoms. The van der Waals surface area contributed by atoms with Gasteiger partial charge in [0.2, 0.25) is 0 Å². The van der Waals surface area contributed by atoms with Crippen LogP contribution in [0.3, 0.4) is 0 Å². The minimum absolute atomic E-state index is 0. The van der Waals surface area contributed by atoms with E-state index in [1.54, 1.807) is 12.1 Å². The number of benzene rings is 2. The van der Waals surface area contributed by atoms with Crippen LogP contribution in [0.1, 0.15) is 22.7 Å². The van der Waals surface area contributed by atoms with E-state index in [2.05, 4.69) is 4.24 Å². The van der Waals surface area contributed by atoms with Gasteiger partial charge in [-0.1, -0.05) is 42.0 Å². The van der Waals surface area contributed by atoms with E-state index in [0.29, 0.717) is 6.42 Å². The van der Waals surface area contributed by atoms with Gasteiger partial charge in [0, 0.05) is 11.3 Å². The van der Waals surface area contributed by atoms with E-state index < -0.39 is 10.0 Å². The SMILES string of the molecule is Cc1ccc(S(=O)(=O)[N-]Cl)cc1.NC1c2ccccc2CC1O.[Na+]. The Labute approximate surface area is 169 Å². The van der Waals surface area contributed by atoms with Crippen LogP contribution in [-0.2, 0) is 16.4 Å². The van der Waals surface area contributed by atoms with Gasteiger partial charge in [-0.3, -0.25) is 11.8 Å². The van der Waals surface area contributed by atoms with Crippen LogP contribution >= 0.6 is 11.8 Å². The van der Waals surface area contributed by atoms with Crippen molar-refractivity contribution in [3.8, 4) is 0 Å². The van der Waals surface area contributed by atoms with Crippen molar-refractivity contribution in [3.63, 3.8) is 0 Å². The van der Waals surface area contributed by atoms with Gasteiger partial charge in [0.15, 0.2) is 0 Å². The van der Waals surface area contributed by atoms with Gasteiger partial charge in [-0.05, 0) is 30.2 Å². The zero-order chi connectivity index (χ0) is 17.0. The predicted molar refractivity (Wildman–Crippen MR) is 90.7 cm³/mol. The number of nitrogens with zero attached hydrogens (tertiary/aromatic N) is 1. The van der Waals surface area contributed by atoms with Crippen molar-refractivity contribution in [3.05, 3.63) is 69.5 Å². The summed E-state index contributed by atoms with van der Waals surface area (Å²) in [6.07, 6.45) is 0.324. The molecular formula is C16H18ClN2NaO3S. The van der Waals surface area contributed by atoms with Crippen molar-refractivity contribution in [1.29, 1.82) is 0 Å². The molecule has 0 heterocycles. The topological polar surface area (TPSA) is 94.5 Å². The van der Waals surface area contributed by atoms with Crippen molar-refractivity contribution in [2.75, 3.05) is 0 Å². The number of fused-ring (bicyclic) bond motifs is 1. The fraction of sp³-hybridized carbons (Fsp3) is 0.250. The largest absolute Gasteiger partial charge is 1.00 e. The fourth-order valence-electron chi connectivity index (χ4n) is 2.35. The molecule has 3 rings (SSSR count). The average molecular weight is 377 g/mol. The number of halogens is 1. The second kappa shape index (κ2) is 9.31. The number of hydrogen-bond donors (Lipinski definition) is 2. The zero-order valence-electron chi connectivity index (χ0n) is 13.6. The molecule has 0 saturated heterocycles. The van der Waals surface area contributed by atoms with Crippen LogP contribution < -0.4 is 35.3 Å². The molecule has 0 aromatic heterocycles. The zero-order valence-corrected chi connectivity index (χ0v) is 17.1. The molecule has 2 aromatic rings. The van der Waals surface area contributed by atoms with E-state index in [9.17, 15) is 13.5 Å². The number of aliphatic hydroxyl groups is 1. The second-order valence-electron chi connectivity index (χ2n) is 5.35. The van der Waals surface area contributed by atoms with Gasteiger partial charge in [0.05, 0.1) is 12.1 Å². The third-order valence-corrected chi connectivity index (χ3v) is 5.26. The summed E-state index contributed by atoms with van der Waals surface area (Å²) in [5.74, 6) is 0. The first kappa shape index (κ1) is 21.6. The molecule has 0 radical (unpaired) electrons. The molecule has 1 aliphatic carbocycles. The summed E-state index contributed by atoms with van der Waals surface area (Å²) in [5.41, 5.74) is 9.01. The summed E-state index contributed by atoms with van der Waals surface area (Å²) in [6.45, 7) is 1.87. The monoisotopic (exact) mass is 376 g/mol. The van der Waals surface area contributed by atoms with Crippen molar-refractivity contribution >= 4 is 21.8 Å². The Hall–Kier alpha value is -0.440. The van der Waals surface area contributed by atoms with Gasteiger partial charge in [0.1, 0.15) is 10.0 Å². The molecule has 0 bridgehead atoms. The van der Waals surface area contributed by atoms with Crippen molar-refractivity contribution < 1.29 is 43.1 Å². The van der Waals surface area contributed by atoms with E-state index in [4.69, 9.17) is 17.5 Å². The Balaban J connectivity index is 0.000000231. The van der Waals surface area contributed by atoms with Crippen molar-refractivity contribution in [1.82, 2.24) is 0 Å². The molecule has 2 atom stereocenters. The maximum absolute atomic E-state index is 11.0. The third-order valence-electron chi connectivity index (χ3n) is 3.67. The van der Waals surface area contributed by atoms with Crippen LogP contribution in [0.5, 0.6) is 0 Å². The number of rotatable bonds is 2. The van der Waals surface area contributed by atoms with Crippen LogP contribution in [0.4, 0.5) is 0 Å². The van der Waals surface area contributed by atoms with Crippen LogP contribution in [0, 0.1) is 6.92 Å². The number of hydrogen-bond acceptors (Lipinski definition) is 4. The third kappa shape index (κ3) is 5.28. The first-order chi connectivity index (χ1) is 10.8. The van der Waals surface area contributed by atoms with E-state index >= 15 is 0 Å². The van der Waals surface area contributed by atoms with E-state index in [0.717, 1.165) is 11.1 Å². The normalized spacial score (nSPS) is 18.8. The Kier molecular flexibility index (Phi) is 8.38. The standard InChI is InChI=1S/C9H11NO.C7H7ClNO2S.Na/c10-9-7-4-2-1-3-6(7)5-8(9)11;1-6-2-4-7(5-3-6)12(10,11)9-8;/h1-4,8-9,11H,5,10H2;2-5H,1H3;/q;-1;+1. The second-order valence-corrected chi connectivity index (χ2v) is 7.33. The molecule has 1 aliphatic rings. The van der Waals surface area contributed by atoms with Crippen LogP contribution in [0.15, 0.2) is 53.4 Å². The molecule has 0 amide bonds. The summed E-state index contributed by atoms with van der Waals surface area (Å²) in [4.78, 5) is 0.114. The smallest absolute Gasteiger partial charge is 0.458 e. The summed E-state index contributed by atoms with van der Waals surface area (Å²) < 4.78 is 24.8. The number of aliphatic hydroxyl groups excluding tert-OH is 1.